The highest BCUT2D eigenvalue weighted by Gasteiger charge is 2.43. The number of carbonyl (C=O) groups excluding carboxylic acids is 3. The third-order valence-corrected chi connectivity index (χ3v) is 9.13. The Morgan fingerprint density at radius 1 is 1.02 bits per heavy atom. The number of carbonyl (C=O) groups is 3. The number of halogens is 3. The molecule has 1 aromatic heterocycles. The van der Waals surface area contributed by atoms with Crippen molar-refractivity contribution < 1.29 is 27.6 Å². The maximum absolute atomic E-state index is 14.4. The molecule has 1 aliphatic heterocycles. The van der Waals surface area contributed by atoms with Gasteiger partial charge in [0.25, 0.3) is 0 Å². The number of aromatic nitrogens is 1. The van der Waals surface area contributed by atoms with Crippen LogP contribution < -0.4 is 4.90 Å². The van der Waals surface area contributed by atoms with Gasteiger partial charge in [0.1, 0.15) is 0 Å². The van der Waals surface area contributed by atoms with E-state index in [2.05, 4.69) is 25.8 Å². The van der Waals surface area contributed by atoms with Crippen LogP contribution in [-0.2, 0) is 17.5 Å². The molecule has 1 aliphatic carbocycles. The molecule has 240 valence electrons. The van der Waals surface area contributed by atoms with Crippen LogP contribution in [0.15, 0.2) is 78.1 Å². The predicted octanol–water partition coefficient (Wildman–Crippen LogP) is 8.40. The first-order valence-corrected chi connectivity index (χ1v) is 15.2. The summed E-state index contributed by atoms with van der Waals surface area (Å²) < 4.78 is 41.0. The molecule has 1 fully saturated rings. The summed E-state index contributed by atoms with van der Waals surface area (Å²) in [6.45, 7) is 9.38. The van der Waals surface area contributed by atoms with E-state index in [-0.39, 0.29) is 46.4 Å². The molecule has 1 unspecified atom stereocenters. The van der Waals surface area contributed by atoms with Crippen LogP contribution in [0, 0.1) is 22.7 Å². The first-order valence-electron chi connectivity index (χ1n) is 15.2. The molecule has 1 atom stereocenters. The number of nitrogens with one attached hydrogen (secondary N) is 1. The highest BCUT2D eigenvalue weighted by molar-refractivity contribution is 6.05. The van der Waals surface area contributed by atoms with Gasteiger partial charge in [0.15, 0.2) is 11.6 Å². The number of allylic oxidation sites excluding steroid dienone is 1. The number of Topliss-reactive ketones (excluding diaryl/α,β-unsaturated/α-hetero) is 2. The Kier molecular flexibility index (Phi) is 8.77. The lowest BCUT2D eigenvalue weighted by Crippen LogP contribution is -2.50. The summed E-state index contributed by atoms with van der Waals surface area (Å²) >= 11 is 0. The third-order valence-electron chi connectivity index (χ3n) is 9.13. The number of alkyl halides is 3. The minimum absolute atomic E-state index is 0.0286. The maximum Gasteiger partial charge on any atom is 0.416 e. The van der Waals surface area contributed by atoms with Crippen molar-refractivity contribution in [2.75, 3.05) is 4.90 Å². The summed E-state index contributed by atoms with van der Waals surface area (Å²) in [5.74, 6) is 0.0657. The fourth-order valence-electron chi connectivity index (χ4n) is 6.39. The van der Waals surface area contributed by atoms with Crippen molar-refractivity contribution in [3.05, 3.63) is 106 Å². The number of hydrogen-bond donors (Lipinski definition) is 1. The molecule has 7 nitrogen and oxygen atoms in total. The van der Waals surface area contributed by atoms with Gasteiger partial charge >= 0.3 is 12.2 Å². The van der Waals surface area contributed by atoms with Gasteiger partial charge in [-0.2, -0.15) is 13.2 Å². The summed E-state index contributed by atoms with van der Waals surface area (Å²) in [6.07, 6.45) is -0.444. The third kappa shape index (κ3) is 6.38. The average Bonchev–Trinajstić information content (AvgIpc) is 2.96. The number of anilines is 1. The molecule has 1 saturated carbocycles. The predicted molar refractivity (Wildman–Crippen MR) is 170 cm³/mol. The molecule has 2 aliphatic rings. The summed E-state index contributed by atoms with van der Waals surface area (Å²) in [4.78, 5) is 47.9. The highest BCUT2D eigenvalue weighted by atomic mass is 19.4. The van der Waals surface area contributed by atoms with E-state index >= 15 is 0 Å². The number of benzene rings is 2. The van der Waals surface area contributed by atoms with E-state index in [0.717, 1.165) is 36.1 Å². The van der Waals surface area contributed by atoms with Gasteiger partial charge in [0.2, 0.25) is 0 Å². The zero-order valence-corrected chi connectivity index (χ0v) is 26.5. The van der Waals surface area contributed by atoms with Crippen LogP contribution in [-0.4, -0.2) is 33.7 Å². The van der Waals surface area contributed by atoms with Gasteiger partial charge in [-0.1, -0.05) is 51.1 Å². The first-order chi connectivity index (χ1) is 21.6. The molecule has 2 aromatic carbocycles. The Labute approximate surface area is 266 Å². The normalized spacial score (nSPS) is 20.4. The van der Waals surface area contributed by atoms with Gasteiger partial charge in [0.05, 0.1) is 23.0 Å². The minimum atomic E-state index is -4.64. The Morgan fingerprint density at radius 3 is 2.30 bits per heavy atom. The lowest BCUT2D eigenvalue weighted by molar-refractivity contribution is -0.137. The maximum atomic E-state index is 14.4. The molecule has 10 heteroatoms. The van der Waals surface area contributed by atoms with Crippen LogP contribution in [0.25, 0.3) is 0 Å². The fraction of sp³-hybridized carbons (Fsp3) is 0.361. The monoisotopic (exact) mass is 630 g/mol. The molecule has 0 spiro atoms. The number of pyridine rings is 1. The van der Waals surface area contributed by atoms with Crippen molar-refractivity contribution in [1.82, 2.24) is 9.88 Å². The van der Waals surface area contributed by atoms with Crippen molar-refractivity contribution in [3.63, 3.8) is 0 Å². The summed E-state index contributed by atoms with van der Waals surface area (Å²) in [5, 5.41) is 7.52. The smallest absolute Gasteiger partial charge is 0.308 e. The van der Waals surface area contributed by atoms with Crippen molar-refractivity contribution in [1.29, 1.82) is 5.41 Å². The van der Waals surface area contributed by atoms with Crippen LogP contribution in [0.1, 0.15) is 86.2 Å². The zero-order valence-electron chi connectivity index (χ0n) is 26.5. The average molecular weight is 631 g/mol. The molecule has 0 bridgehead atoms. The van der Waals surface area contributed by atoms with E-state index in [1.54, 1.807) is 43.3 Å². The molecular weight excluding hydrogens is 593 g/mol. The van der Waals surface area contributed by atoms with E-state index in [4.69, 9.17) is 5.41 Å². The topological polar surface area (TPSA) is 94.4 Å². The zero-order chi connectivity index (χ0) is 33.6. The number of amides is 2. The molecule has 3 aromatic rings. The Balaban J connectivity index is 1.57. The van der Waals surface area contributed by atoms with Crippen LogP contribution in [0.3, 0.4) is 0 Å². The number of hydrogen-bond acceptors (Lipinski definition) is 5. The number of rotatable bonds is 8. The molecule has 5 rings (SSSR count). The molecule has 2 heterocycles. The van der Waals surface area contributed by atoms with Crippen molar-refractivity contribution in [2.45, 2.75) is 66.2 Å². The minimum Gasteiger partial charge on any atom is -0.308 e. The Bertz CT molecular complexity index is 1720. The number of urea groups is 1. The molecule has 1 N–H and O–H groups in total. The van der Waals surface area contributed by atoms with E-state index in [1.807, 2.05) is 0 Å². The lowest BCUT2D eigenvalue weighted by atomic mass is 9.61. The molecular formula is C36H37F3N4O3. The van der Waals surface area contributed by atoms with E-state index in [0.29, 0.717) is 28.3 Å². The number of ketones is 2. The van der Waals surface area contributed by atoms with Gasteiger partial charge in [0, 0.05) is 41.7 Å². The largest absolute Gasteiger partial charge is 0.416 e. The van der Waals surface area contributed by atoms with Crippen LogP contribution in [0.2, 0.25) is 0 Å². The second-order valence-electron chi connectivity index (χ2n) is 13.2. The Hall–Kier alpha value is -4.60. The van der Waals surface area contributed by atoms with Crippen LogP contribution >= 0.6 is 0 Å². The van der Waals surface area contributed by atoms with Gasteiger partial charge in [-0.15, -0.1) is 0 Å². The van der Waals surface area contributed by atoms with Crippen molar-refractivity contribution in [2.24, 2.45) is 17.3 Å². The standard InChI is InChI=1S/C36H37F3N4O3/c1-21-31(22(2)44)32(25-12-13-29(18-40)41-19-25)42(34(46)43(21)30-11-7-10-27(17-30)36(37,38)39)20-23-8-6-9-24(14-23)33(45)26-15-28(16-26)35(3,4)5/h6-14,17-19,26,28,32,40H,15-16,20H2,1-5H3. The highest BCUT2D eigenvalue weighted by Crippen LogP contribution is 2.46. The van der Waals surface area contributed by atoms with Gasteiger partial charge in [-0.3, -0.25) is 19.5 Å². The van der Waals surface area contributed by atoms with E-state index in [1.165, 1.54) is 30.2 Å². The Morgan fingerprint density at radius 2 is 1.72 bits per heavy atom. The van der Waals surface area contributed by atoms with Crippen molar-refractivity contribution in [3.8, 4) is 0 Å². The van der Waals surface area contributed by atoms with Gasteiger partial charge in [-0.05, 0) is 79.5 Å². The van der Waals surface area contributed by atoms with E-state index in [9.17, 15) is 27.6 Å². The number of nitrogens with zero attached hydrogens (tertiary/aromatic N) is 3. The molecule has 0 saturated heterocycles. The molecule has 46 heavy (non-hydrogen) atoms. The SMILES string of the molecule is CC(=O)C1=C(C)N(c2cccc(C(F)(F)F)c2)C(=O)N(Cc2cccc(C(=O)C3CC(C(C)(C)C)C3)c2)C1c1ccc(C=N)nc1. The first kappa shape index (κ1) is 32.8. The second kappa shape index (κ2) is 12.3. The molecule has 2 amide bonds. The second-order valence-corrected chi connectivity index (χ2v) is 13.2. The lowest BCUT2D eigenvalue weighted by Gasteiger charge is -2.43. The fourth-order valence-corrected chi connectivity index (χ4v) is 6.39. The quantitative estimate of drug-likeness (QED) is 0.200. The van der Waals surface area contributed by atoms with Crippen molar-refractivity contribution >= 4 is 29.5 Å². The van der Waals surface area contributed by atoms with E-state index < -0.39 is 23.8 Å². The van der Waals surface area contributed by atoms with Gasteiger partial charge in [-0.25, -0.2) is 4.79 Å². The summed E-state index contributed by atoms with van der Waals surface area (Å²) in [5.41, 5.74) is 1.64. The summed E-state index contributed by atoms with van der Waals surface area (Å²) in [7, 11) is 0. The molecule has 0 radical (unpaired) electrons. The van der Waals surface area contributed by atoms with Crippen LogP contribution in [0.4, 0.5) is 23.7 Å². The van der Waals surface area contributed by atoms with Gasteiger partial charge < -0.3 is 10.3 Å². The summed E-state index contributed by atoms with van der Waals surface area (Å²) in [6, 6.07) is 13.2. The van der Waals surface area contributed by atoms with Crippen LogP contribution in [0.5, 0.6) is 0 Å².